The van der Waals surface area contributed by atoms with Crippen LogP contribution in [0, 0.1) is 5.92 Å². The predicted molar refractivity (Wildman–Crippen MR) is 168 cm³/mol. The second kappa shape index (κ2) is 12.0. The molecule has 0 spiro atoms. The lowest BCUT2D eigenvalue weighted by Gasteiger charge is -2.46. The molecule has 2 aromatic heterocycles. The first kappa shape index (κ1) is 30.3. The number of piperazine rings is 1. The van der Waals surface area contributed by atoms with Crippen LogP contribution in [0.25, 0.3) is 0 Å². The summed E-state index contributed by atoms with van der Waals surface area (Å²) in [6.07, 6.45) is 16.8. The van der Waals surface area contributed by atoms with Crippen molar-refractivity contribution >= 4 is 39.5 Å². The summed E-state index contributed by atoms with van der Waals surface area (Å²) in [5.41, 5.74) is 2.88. The van der Waals surface area contributed by atoms with Crippen molar-refractivity contribution in [2.75, 3.05) is 26.2 Å². The Bertz CT molecular complexity index is 1430. The van der Waals surface area contributed by atoms with Crippen LogP contribution in [0.1, 0.15) is 70.2 Å². The number of imidazole rings is 1. The Morgan fingerprint density at radius 2 is 2.05 bits per heavy atom. The lowest BCUT2D eigenvalue weighted by molar-refractivity contribution is -0.130. The van der Waals surface area contributed by atoms with E-state index in [0.717, 1.165) is 53.7 Å². The molecule has 3 aliphatic carbocycles. The fourth-order valence-electron chi connectivity index (χ4n) is 6.85. The molecule has 2 amide bonds. The first-order chi connectivity index (χ1) is 20.5. The highest BCUT2D eigenvalue weighted by molar-refractivity contribution is 9.10. The third-order valence-corrected chi connectivity index (χ3v) is 9.88. The van der Waals surface area contributed by atoms with Crippen LogP contribution in [0.4, 0.5) is 4.79 Å². The van der Waals surface area contributed by atoms with Crippen molar-refractivity contribution in [1.29, 1.82) is 0 Å². The minimum absolute atomic E-state index is 0.0313. The third kappa shape index (κ3) is 6.56. The van der Waals surface area contributed by atoms with Crippen molar-refractivity contribution in [2.24, 2.45) is 5.92 Å². The van der Waals surface area contributed by atoms with Crippen LogP contribution in [-0.4, -0.2) is 74.2 Å². The molecule has 230 valence electrons. The molecular formula is C32H40BrClN6O3. The van der Waals surface area contributed by atoms with Crippen molar-refractivity contribution < 1.29 is 14.3 Å². The van der Waals surface area contributed by atoms with Gasteiger partial charge in [-0.3, -0.25) is 14.7 Å². The number of rotatable bonds is 6. The summed E-state index contributed by atoms with van der Waals surface area (Å²) in [4.78, 5) is 40.5. The number of carbonyl (C=O) groups excluding carboxylic acids is 2. The number of pyridine rings is 1. The van der Waals surface area contributed by atoms with E-state index < -0.39 is 17.7 Å². The second-order valence-corrected chi connectivity index (χ2v) is 14.6. The minimum atomic E-state index is -0.622. The van der Waals surface area contributed by atoms with Crippen LogP contribution in [0.15, 0.2) is 58.2 Å². The van der Waals surface area contributed by atoms with Gasteiger partial charge in [0.05, 0.1) is 18.1 Å². The number of nitrogens with one attached hydrogen (secondary N) is 1. The summed E-state index contributed by atoms with van der Waals surface area (Å²) < 4.78 is 8.83. The van der Waals surface area contributed by atoms with E-state index in [9.17, 15) is 9.59 Å². The highest BCUT2D eigenvalue weighted by Crippen LogP contribution is 2.47. The Hall–Kier alpha value is -2.69. The molecule has 4 aliphatic rings. The summed E-state index contributed by atoms with van der Waals surface area (Å²) in [6.45, 7) is 7.38. The van der Waals surface area contributed by atoms with E-state index in [1.807, 2.05) is 39.5 Å². The SMILES string of the molecule is CC(C)(C)OC(=O)N1CCN([C@@H]2c3ncc(Br)cc3CCC3=CC(Cl)=CCC32)[C@@H](C(=O)NCCC2(n3ccnc3)CC2)C1. The molecule has 1 saturated heterocycles. The molecule has 3 atom stereocenters. The van der Waals surface area contributed by atoms with E-state index >= 15 is 0 Å². The molecular weight excluding hydrogens is 632 g/mol. The highest BCUT2D eigenvalue weighted by Gasteiger charge is 2.46. The third-order valence-electron chi connectivity index (χ3n) is 9.18. The Morgan fingerprint density at radius 3 is 2.77 bits per heavy atom. The van der Waals surface area contributed by atoms with Gasteiger partial charge in [-0.2, -0.15) is 0 Å². The molecule has 9 nitrogen and oxygen atoms in total. The van der Waals surface area contributed by atoms with Crippen molar-refractivity contribution in [3.05, 3.63) is 69.5 Å². The summed E-state index contributed by atoms with van der Waals surface area (Å²) in [6, 6.07) is 1.46. The Kier molecular flexibility index (Phi) is 8.47. The first-order valence-corrected chi connectivity index (χ1v) is 16.4. The van der Waals surface area contributed by atoms with Crippen LogP contribution in [0.2, 0.25) is 0 Å². The number of amides is 2. The fraction of sp³-hybridized carbons (Fsp3) is 0.562. The maximum Gasteiger partial charge on any atom is 0.410 e. The van der Waals surface area contributed by atoms with Crippen LogP contribution in [0.3, 0.4) is 0 Å². The molecule has 6 rings (SSSR count). The molecule has 2 aromatic rings. The average molecular weight is 672 g/mol. The number of allylic oxidation sites excluding steroid dienone is 3. The second-order valence-electron chi connectivity index (χ2n) is 13.2. The van der Waals surface area contributed by atoms with Crippen LogP contribution < -0.4 is 5.32 Å². The molecule has 43 heavy (non-hydrogen) atoms. The average Bonchev–Trinajstić information content (AvgIpc) is 3.57. The van der Waals surface area contributed by atoms with E-state index in [2.05, 4.69) is 53.9 Å². The van der Waals surface area contributed by atoms with Crippen LogP contribution in [0.5, 0.6) is 0 Å². The molecule has 0 bridgehead atoms. The standard InChI is InChI=1S/C32H40BrClN6O3/c1-31(2,3)43-30(42)38-14-15-40(26(19-38)29(41)36-11-10-32(8-9-32)39-13-12-35-20-39)28-25-7-6-24(34)17-21(25)4-5-22-16-23(33)18-37-27(22)28/h6,12-13,16-18,20,25-26,28H,4-5,7-11,14-15,19H2,1-3H3,(H,36,41)/t25?,26-,28+/m1/s1. The zero-order valence-corrected chi connectivity index (χ0v) is 27.4. The van der Waals surface area contributed by atoms with Crippen LogP contribution >= 0.6 is 27.5 Å². The number of aryl methyl sites for hydroxylation is 1. The van der Waals surface area contributed by atoms with Gasteiger partial charge in [0.1, 0.15) is 11.6 Å². The van der Waals surface area contributed by atoms with E-state index in [4.69, 9.17) is 21.3 Å². The number of nitrogens with zero attached hydrogens (tertiary/aromatic N) is 5. The smallest absolute Gasteiger partial charge is 0.410 e. The van der Waals surface area contributed by atoms with Crippen molar-refractivity contribution in [3.8, 4) is 0 Å². The van der Waals surface area contributed by atoms with Gasteiger partial charge in [-0.1, -0.05) is 23.3 Å². The van der Waals surface area contributed by atoms with Gasteiger partial charge in [0.25, 0.3) is 0 Å². The van der Waals surface area contributed by atoms with Gasteiger partial charge in [-0.15, -0.1) is 0 Å². The van der Waals surface area contributed by atoms with Crippen molar-refractivity contribution in [2.45, 2.75) is 82.5 Å². The van der Waals surface area contributed by atoms with Gasteiger partial charge in [0, 0.05) is 65.7 Å². The highest BCUT2D eigenvalue weighted by atomic mass is 79.9. The monoisotopic (exact) mass is 670 g/mol. The Labute approximate surface area is 266 Å². The lowest BCUT2D eigenvalue weighted by Crippen LogP contribution is -2.62. The fourth-order valence-corrected chi connectivity index (χ4v) is 7.46. The van der Waals surface area contributed by atoms with Gasteiger partial charge in [0.15, 0.2) is 0 Å². The number of halogens is 2. The molecule has 0 aromatic carbocycles. The molecule has 0 radical (unpaired) electrons. The number of ether oxygens (including phenoxy) is 1. The molecule has 11 heteroatoms. The molecule has 2 fully saturated rings. The molecule has 1 saturated carbocycles. The van der Waals surface area contributed by atoms with Gasteiger partial charge < -0.3 is 19.5 Å². The first-order valence-electron chi connectivity index (χ1n) is 15.2. The Morgan fingerprint density at radius 1 is 1.23 bits per heavy atom. The molecule has 3 heterocycles. The molecule has 1 unspecified atom stereocenters. The molecule has 1 aliphatic heterocycles. The van der Waals surface area contributed by atoms with E-state index in [0.29, 0.717) is 19.6 Å². The summed E-state index contributed by atoms with van der Waals surface area (Å²) in [7, 11) is 0. The number of aromatic nitrogens is 3. The minimum Gasteiger partial charge on any atom is -0.444 e. The van der Waals surface area contributed by atoms with E-state index in [1.54, 1.807) is 11.1 Å². The molecule has 1 N–H and O–H groups in total. The van der Waals surface area contributed by atoms with E-state index in [1.165, 1.54) is 11.1 Å². The Balaban J connectivity index is 1.29. The lowest BCUT2D eigenvalue weighted by atomic mass is 9.82. The zero-order chi connectivity index (χ0) is 30.4. The maximum atomic E-state index is 14.1. The predicted octanol–water partition coefficient (Wildman–Crippen LogP) is 5.71. The number of hydrogen-bond acceptors (Lipinski definition) is 6. The number of carbonyl (C=O) groups is 2. The van der Waals surface area contributed by atoms with Gasteiger partial charge >= 0.3 is 6.09 Å². The number of hydrogen-bond donors (Lipinski definition) is 1. The zero-order valence-electron chi connectivity index (χ0n) is 25.1. The summed E-state index contributed by atoms with van der Waals surface area (Å²) in [5, 5.41) is 4.01. The topological polar surface area (TPSA) is 92.6 Å². The summed E-state index contributed by atoms with van der Waals surface area (Å²) in [5.74, 6) is 0.0595. The van der Waals surface area contributed by atoms with Gasteiger partial charge in [0.2, 0.25) is 5.91 Å². The maximum absolute atomic E-state index is 14.1. The van der Waals surface area contributed by atoms with E-state index in [-0.39, 0.29) is 30.0 Å². The van der Waals surface area contributed by atoms with Crippen molar-refractivity contribution in [1.82, 2.24) is 29.7 Å². The van der Waals surface area contributed by atoms with Gasteiger partial charge in [-0.25, -0.2) is 9.78 Å². The quantitative estimate of drug-likeness (QED) is 0.423. The normalized spacial score (nSPS) is 25.0. The van der Waals surface area contributed by atoms with Crippen molar-refractivity contribution in [3.63, 3.8) is 0 Å². The largest absolute Gasteiger partial charge is 0.444 e. The van der Waals surface area contributed by atoms with Gasteiger partial charge in [-0.05, 0) is 92.9 Å². The number of fused-ring (bicyclic) bond motifs is 2. The van der Waals surface area contributed by atoms with Crippen LogP contribution in [-0.2, 0) is 21.5 Å². The summed E-state index contributed by atoms with van der Waals surface area (Å²) >= 11 is 10.1.